The van der Waals surface area contributed by atoms with Gasteiger partial charge in [-0.3, -0.25) is 0 Å². The molecule has 0 spiro atoms. The average molecular weight is 214 g/mol. The molecule has 1 fully saturated rings. The van der Waals surface area contributed by atoms with E-state index in [0.29, 0.717) is 11.5 Å². The van der Waals surface area contributed by atoms with Gasteiger partial charge in [-0.1, -0.05) is 20.8 Å². The van der Waals surface area contributed by atoms with Crippen LogP contribution >= 0.6 is 0 Å². The Balaban J connectivity index is 1.92. The van der Waals surface area contributed by atoms with Crippen LogP contribution < -0.4 is 10.6 Å². The molecule has 90 valence electrons. The molecule has 0 aromatic carbocycles. The van der Waals surface area contributed by atoms with Gasteiger partial charge in [0.05, 0.1) is 13.2 Å². The van der Waals surface area contributed by atoms with E-state index in [1.54, 1.807) is 0 Å². The Kier molecular flexibility index (Phi) is 5.58. The van der Waals surface area contributed by atoms with Crippen molar-refractivity contribution in [2.24, 2.45) is 5.41 Å². The van der Waals surface area contributed by atoms with E-state index in [1.807, 2.05) is 0 Å². The van der Waals surface area contributed by atoms with E-state index in [-0.39, 0.29) is 0 Å². The molecule has 1 heterocycles. The summed E-state index contributed by atoms with van der Waals surface area (Å²) >= 11 is 0. The summed E-state index contributed by atoms with van der Waals surface area (Å²) in [7, 11) is 0. The molecule has 1 aliphatic heterocycles. The fraction of sp³-hybridized carbons (Fsp3) is 1.00. The number of rotatable bonds is 5. The first-order chi connectivity index (χ1) is 7.08. The lowest BCUT2D eigenvalue weighted by molar-refractivity contribution is 0.0742. The maximum atomic E-state index is 5.40. The van der Waals surface area contributed by atoms with Crippen molar-refractivity contribution in [2.45, 2.75) is 39.7 Å². The van der Waals surface area contributed by atoms with Gasteiger partial charge >= 0.3 is 0 Å². The molecule has 3 heteroatoms. The molecule has 0 aromatic rings. The second-order valence-electron chi connectivity index (χ2n) is 5.58. The Morgan fingerprint density at radius 1 is 1.33 bits per heavy atom. The van der Waals surface area contributed by atoms with E-state index < -0.39 is 0 Å². The van der Waals surface area contributed by atoms with E-state index >= 15 is 0 Å². The molecule has 1 saturated heterocycles. The maximum Gasteiger partial charge on any atom is 0.0620 e. The topological polar surface area (TPSA) is 33.3 Å². The van der Waals surface area contributed by atoms with Crippen molar-refractivity contribution in [3.63, 3.8) is 0 Å². The van der Waals surface area contributed by atoms with Crippen LogP contribution in [0.3, 0.4) is 0 Å². The lowest BCUT2D eigenvalue weighted by Crippen LogP contribution is -2.42. The van der Waals surface area contributed by atoms with E-state index in [4.69, 9.17) is 4.74 Å². The zero-order chi connectivity index (χ0) is 11.1. The number of morpholine rings is 1. The predicted molar refractivity (Wildman–Crippen MR) is 64.2 cm³/mol. The van der Waals surface area contributed by atoms with Crippen molar-refractivity contribution >= 4 is 0 Å². The molecular weight excluding hydrogens is 188 g/mol. The summed E-state index contributed by atoms with van der Waals surface area (Å²) in [6, 6.07) is 0.556. The summed E-state index contributed by atoms with van der Waals surface area (Å²) in [6.45, 7) is 11.8. The summed E-state index contributed by atoms with van der Waals surface area (Å²) in [5.41, 5.74) is 0.444. The van der Waals surface area contributed by atoms with Crippen LogP contribution in [0.25, 0.3) is 0 Å². The lowest BCUT2D eigenvalue weighted by Gasteiger charge is -2.24. The van der Waals surface area contributed by atoms with Gasteiger partial charge in [-0.25, -0.2) is 0 Å². The second kappa shape index (κ2) is 6.46. The molecule has 0 saturated carbocycles. The predicted octanol–water partition coefficient (Wildman–Crippen LogP) is 1.39. The van der Waals surface area contributed by atoms with Crippen molar-refractivity contribution < 1.29 is 4.74 Å². The Morgan fingerprint density at radius 3 is 2.73 bits per heavy atom. The normalized spacial score (nSPS) is 23.0. The molecule has 0 radical (unpaired) electrons. The summed E-state index contributed by atoms with van der Waals surface area (Å²) in [5, 5.41) is 6.95. The van der Waals surface area contributed by atoms with Gasteiger partial charge in [-0.2, -0.15) is 0 Å². The molecule has 1 rings (SSSR count). The van der Waals surface area contributed by atoms with Gasteiger partial charge in [-0.15, -0.1) is 0 Å². The first-order valence-electron chi connectivity index (χ1n) is 6.10. The Bertz CT molecular complexity index is 159. The first kappa shape index (κ1) is 12.9. The second-order valence-corrected chi connectivity index (χ2v) is 5.58. The third-order valence-corrected chi connectivity index (χ3v) is 2.72. The Morgan fingerprint density at radius 2 is 2.13 bits per heavy atom. The van der Waals surface area contributed by atoms with Crippen molar-refractivity contribution in [1.82, 2.24) is 10.6 Å². The van der Waals surface area contributed by atoms with Crippen LogP contribution in [0.1, 0.15) is 33.6 Å². The fourth-order valence-electron chi connectivity index (χ4n) is 1.67. The smallest absolute Gasteiger partial charge is 0.0620 e. The lowest BCUT2D eigenvalue weighted by atomic mass is 9.92. The quantitative estimate of drug-likeness (QED) is 0.679. The van der Waals surface area contributed by atoms with Crippen molar-refractivity contribution in [1.29, 1.82) is 0 Å². The average Bonchev–Trinajstić information content (AvgIpc) is 2.17. The summed E-state index contributed by atoms with van der Waals surface area (Å²) in [4.78, 5) is 0. The van der Waals surface area contributed by atoms with Gasteiger partial charge in [0.1, 0.15) is 0 Å². The highest BCUT2D eigenvalue weighted by molar-refractivity contribution is 4.71. The van der Waals surface area contributed by atoms with Crippen molar-refractivity contribution in [2.75, 3.05) is 32.8 Å². The van der Waals surface area contributed by atoms with Crippen LogP contribution in [0, 0.1) is 5.41 Å². The third-order valence-electron chi connectivity index (χ3n) is 2.72. The highest BCUT2D eigenvalue weighted by Crippen LogP contribution is 2.16. The molecule has 3 nitrogen and oxygen atoms in total. The molecule has 0 aliphatic carbocycles. The monoisotopic (exact) mass is 214 g/mol. The van der Waals surface area contributed by atoms with E-state index in [2.05, 4.69) is 31.4 Å². The standard InChI is InChI=1S/C12H26N2O/c1-12(2,3)5-7-13-6-4-11-10-15-9-8-14-11/h11,13-14H,4-10H2,1-3H3. The number of hydrogen-bond acceptors (Lipinski definition) is 3. The molecule has 0 bridgehead atoms. The molecule has 2 N–H and O–H groups in total. The molecule has 1 aliphatic rings. The van der Waals surface area contributed by atoms with E-state index in [1.165, 1.54) is 12.8 Å². The Labute approximate surface area is 94.0 Å². The molecule has 0 aromatic heterocycles. The van der Waals surface area contributed by atoms with Gasteiger partial charge in [0.15, 0.2) is 0 Å². The maximum absolute atomic E-state index is 5.40. The van der Waals surface area contributed by atoms with Crippen LogP contribution in [0.5, 0.6) is 0 Å². The minimum Gasteiger partial charge on any atom is -0.379 e. The van der Waals surface area contributed by atoms with Crippen LogP contribution in [-0.4, -0.2) is 38.9 Å². The molecule has 0 amide bonds. The largest absolute Gasteiger partial charge is 0.379 e. The zero-order valence-corrected chi connectivity index (χ0v) is 10.4. The molecule has 1 atom stereocenters. The van der Waals surface area contributed by atoms with E-state index in [0.717, 1.165) is 32.8 Å². The molecule has 15 heavy (non-hydrogen) atoms. The third kappa shape index (κ3) is 6.88. The summed E-state index contributed by atoms with van der Waals surface area (Å²) in [6.07, 6.45) is 2.41. The van der Waals surface area contributed by atoms with Gasteiger partial charge in [-0.05, 0) is 31.3 Å². The fourth-order valence-corrected chi connectivity index (χ4v) is 1.67. The van der Waals surface area contributed by atoms with Gasteiger partial charge < -0.3 is 15.4 Å². The van der Waals surface area contributed by atoms with Crippen LogP contribution in [0.15, 0.2) is 0 Å². The van der Waals surface area contributed by atoms with Gasteiger partial charge in [0, 0.05) is 12.6 Å². The van der Waals surface area contributed by atoms with Gasteiger partial charge in [0.25, 0.3) is 0 Å². The van der Waals surface area contributed by atoms with Crippen LogP contribution in [-0.2, 0) is 4.74 Å². The van der Waals surface area contributed by atoms with Crippen molar-refractivity contribution in [3.8, 4) is 0 Å². The molecular formula is C12H26N2O. The highest BCUT2D eigenvalue weighted by Gasteiger charge is 2.12. The number of hydrogen-bond donors (Lipinski definition) is 2. The zero-order valence-electron chi connectivity index (χ0n) is 10.4. The summed E-state index contributed by atoms with van der Waals surface area (Å²) < 4.78 is 5.40. The van der Waals surface area contributed by atoms with E-state index in [9.17, 15) is 0 Å². The minimum absolute atomic E-state index is 0.444. The minimum atomic E-state index is 0.444. The van der Waals surface area contributed by atoms with Crippen LogP contribution in [0.2, 0.25) is 0 Å². The summed E-state index contributed by atoms with van der Waals surface area (Å²) in [5.74, 6) is 0. The van der Waals surface area contributed by atoms with Gasteiger partial charge in [0.2, 0.25) is 0 Å². The molecule has 1 unspecified atom stereocenters. The first-order valence-corrected chi connectivity index (χ1v) is 6.10. The van der Waals surface area contributed by atoms with Crippen LogP contribution in [0.4, 0.5) is 0 Å². The number of ether oxygens (including phenoxy) is 1. The Hall–Kier alpha value is -0.120. The van der Waals surface area contributed by atoms with Crippen molar-refractivity contribution in [3.05, 3.63) is 0 Å². The SMILES string of the molecule is CC(C)(C)CCNCCC1COCCN1. The highest BCUT2D eigenvalue weighted by atomic mass is 16.5. The number of nitrogens with one attached hydrogen (secondary N) is 2.